The molecular formula is C27H19BrN2O5. The Hall–Kier alpha value is -4.17. The van der Waals surface area contributed by atoms with E-state index in [0.717, 1.165) is 20.8 Å². The summed E-state index contributed by atoms with van der Waals surface area (Å²) in [6, 6.07) is 21.4. The second kappa shape index (κ2) is 9.23. The van der Waals surface area contributed by atoms with Crippen LogP contribution in [0.5, 0.6) is 0 Å². The van der Waals surface area contributed by atoms with E-state index in [1.165, 1.54) is 11.1 Å². The third-order valence-electron chi connectivity index (χ3n) is 5.57. The van der Waals surface area contributed by atoms with E-state index in [9.17, 15) is 14.4 Å². The fourth-order valence-corrected chi connectivity index (χ4v) is 4.36. The molecule has 2 amide bonds. The third kappa shape index (κ3) is 4.24. The van der Waals surface area contributed by atoms with E-state index in [1.54, 1.807) is 49.4 Å². The molecule has 2 heterocycles. The summed E-state index contributed by atoms with van der Waals surface area (Å²) < 4.78 is 11.7. The number of benzene rings is 3. The Morgan fingerprint density at radius 2 is 1.74 bits per heavy atom. The molecule has 4 aromatic rings. The average Bonchev–Trinajstić information content (AvgIpc) is 3.45. The molecule has 0 aliphatic carbocycles. The number of carbonyl (C=O) groups is 3. The van der Waals surface area contributed by atoms with Crippen LogP contribution in [-0.4, -0.2) is 24.4 Å². The van der Waals surface area contributed by atoms with Crippen molar-refractivity contribution in [2.45, 2.75) is 6.92 Å². The Bertz CT molecular complexity index is 1500. The van der Waals surface area contributed by atoms with Crippen molar-refractivity contribution in [1.29, 1.82) is 0 Å². The van der Waals surface area contributed by atoms with Crippen LogP contribution in [0.1, 0.15) is 23.0 Å². The number of hydrogen-bond acceptors (Lipinski definition) is 5. The van der Waals surface area contributed by atoms with E-state index in [1.807, 2.05) is 30.3 Å². The number of halogens is 1. The van der Waals surface area contributed by atoms with Gasteiger partial charge in [0.25, 0.3) is 11.8 Å². The van der Waals surface area contributed by atoms with Gasteiger partial charge < -0.3 is 9.15 Å². The molecule has 174 valence electrons. The molecule has 5 rings (SSSR count). The first kappa shape index (κ1) is 22.6. The lowest BCUT2D eigenvalue weighted by molar-refractivity contribution is -0.117. The van der Waals surface area contributed by atoms with Crippen LogP contribution in [0.3, 0.4) is 0 Å². The van der Waals surface area contributed by atoms with E-state index in [4.69, 9.17) is 9.15 Å². The lowest BCUT2D eigenvalue weighted by atomic mass is 10.1. The Morgan fingerprint density at radius 1 is 1.00 bits per heavy atom. The van der Waals surface area contributed by atoms with Crippen LogP contribution >= 0.6 is 15.9 Å². The lowest BCUT2D eigenvalue weighted by Gasteiger charge is -2.17. The van der Waals surface area contributed by atoms with Gasteiger partial charge in [-0.3, -0.25) is 15.0 Å². The van der Waals surface area contributed by atoms with Crippen LogP contribution in [0, 0.1) is 0 Å². The first-order valence-electron chi connectivity index (χ1n) is 10.9. The fraction of sp³-hybridized carbons (Fsp3) is 0.0741. The van der Waals surface area contributed by atoms with Crippen molar-refractivity contribution < 1.29 is 23.5 Å². The highest BCUT2D eigenvalue weighted by Crippen LogP contribution is 2.34. The highest BCUT2D eigenvalue weighted by atomic mass is 79.9. The van der Waals surface area contributed by atoms with Gasteiger partial charge in [0.15, 0.2) is 0 Å². The molecule has 0 radical (unpaired) electrons. The lowest BCUT2D eigenvalue weighted by Crippen LogP contribution is -2.35. The number of furan rings is 1. The molecule has 7 nitrogen and oxygen atoms in total. The van der Waals surface area contributed by atoms with Gasteiger partial charge in [0.2, 0.25) is 0 Å². The molecule has 0 atom stereocenters. The minimum absolute atomic E-state index is 0.0319. The van der Waals surface area contributed by atoms with E-state index >= 15 is 0 Å². The maximum Gasteiger partial charge on any atom is 0.338 e. The van der Waals surface area contributed by atoms with Gasteiger partial charge in [-0.05, 0) is 54.8 Å². The predicted octanol–water partition coefficient (Wildman–Crippen LogP) is 5.50. The van der Waals surface area contributed by atoms with Crippen molar-refractivity contribution >= 4 is 56.2 Å². The van der Waals surface area contributed by atoms with Gasteiger partial charge in [-0.1, -0.05) is 52.3 Å². The first-order valence-corrected chi connectivity index (χ1v) is 11.7. The number of nitrogens with zero attached hydrogens (tertiary/aromatic N) is 1. The molecule has 0 bridgehead atoms. The molecule has 35 heavy (non-hydrogen) atoms. The van der Waals surface area contributed by atoms with Crippen LogP contribution in [0.25, 0.3) is 28.2 Å². The highest BCUT2D eigenvalue weighted by Gasteiger charge is 2.35. The minimum atomic E-state index is -0.515. The zero-order chi connectivity index (χ0) is 24.5. The molecule has 8 heteroatoms. The van der Waals surface area contributed by atoms with Gasteiger partial charge in [0.1, 0.15) is 17.1 Å². The van der Waals surface area contributed by atoms with Gasteiger partial charge in [0.05, 0.1) is 17.9 Å². The summed E-state index contributed by atoms with van der Waals surface area (Å²) in [5.41, 5.74) is 4.37. The van der Waals surface area contributed by atoms with Gasteiger partial charge in [-0.25, -0.2) is 9.80 Å². The summed E-state index contributed by atoms with van der Waals surface area (Å²) >= 11 is 3.52. The van der Waals surface area contributed by atoms with Crippen molar-refractivity contribution in [3.8, 4) is 11.3 Å². The topological polar surface area (TPSA) is 88.9 Å². The van der Waals surface area contributed by atoms with E-state index in [-0.39, 0.29) is 5.57 Å². The second-order valence-electron chi connectivity index (χ2n) is 7.75. The van der Waals surface area contributed by atoms with Crippen molar-refractivity contribution in [3.63, 3.8) is 0 Å². The van der Waals surface area contributed by atoms with E-state index in [2.05, 4.69) is 21.4 Å². The largest absolute Gasteiger partial charge is 0.462 e. The summed E-state index contributed by atoms with van der Waals surface area (Å²) in [4.78, 5) is 37.7. The van der Waals surface area contributed by atoms with Gasteiger partial charge >= 0.3 is 5.97 Å². The molecule has 0 unspecified atom stereocenters. The molecule has 1 N–H and O–H groups in total. The van der Waals surface area contributed by atoms with Crippen molar-refractivity contribution in [2.75, 3.05) is 11.6 Å². The fourth-order valence-electron chi connectivity index (χ4n) is 3.88. The molecule has 0 saturated carbocycles. The second-order valence-corrected chi connectivity index (χ2v) is 8.61. The number of anilines is 1. The van der Waals surface area contributed by atoms with Crippen molar-refractivity contribution in [2.24, 2.45) is 0 Å². The maximum absolute atomic E-state index is 13.2. The van der Waals surface area contributed by atoms with Crippen LogP contribution < -0.4 is 10.4 Å². The van der Waals surface area contributed by atoms with Gasteiger partial charge in [-0.15, -0.1) is 0 Å². The van der Waals surface area contributed by atoms with Crippen LogP contribution in [-0.2, 0) is 14.3 Å². The molecule has 1 aliphatic rings. The standard InChI is InChI=1S/C27H19BrN2O5/c1-2-34-27(33)17-9-7-16(8-10-17)24-14-11-18(35-24)15-21-25(31)29-30(26(21)32)23-13-12-22(28)19-5-3-4-6-20(19)23/h3-15H,2H2,1H3,(H,29,31). The Balaban J connectivity index is 1.41. The number of nitrogens with one attached hydrogen (secondary N) is 1. The number of esters is 1. The predicted molar refractivity (Wildman–Crippen MR) is 135 cm³/mol. The molecule has 0 spiro atoms. The SMILES string of the molecule is CCOC(=O)c1ccc(-c2ccc(C=C3C(=O)NN(c4ccc(Br)c5ccccc45)C3=O)o2)cc1. The maximum atomic E-state index is 13.2. The molecule has 1 aromatic heterocycles. The van der Waals surface area contributed by atoms with Crippen LogP contribution in [0.2, 0.25) is 0 Å². The number of carbonyl (C=O) groups excluding carboxylic acids is 3. The molecular weight excluding hydrogens is 512 g/mol. The number of amides is 2. The molecule has 3 aromatic carbocycles. The highest BCUT2D eigenvalue weighted by molar-refractivity contribution is 9.10. The quantitative estimate of drug-likeness (QED) is 0.209. The van der Waals surface area contributed by atoms with Crippen molar-refractivity contribution in [3.05, 3.63) is 94.2 Å². The normalized spacial score (nSPS) is 14.6. The summed E-state index contributed by atoms with van der Waals surface area (Å²) in [5.74, 6) is -0.486. The number of hydrazine groups is 1. The first-order chi connectivity index (χ1) is 17.0. The zero-order valence-corrected chi connectivity index (χ0v) is 20.2. The van der Waals surface area contributed by atoms with Crippen molar-refractivity contribution in [1.82, 2.24) is 5.43 Å². The van der Waals surface area contributed by atoms with Gasteiger partial charge in [-0.2, -0.15) is 0 Å². The summed E-state index contributed by atoms with van der Waals surface area (Å²) in [7, 11) is 0. The monoisotopic (exact) mass is 530 g/mol. The zero-order valence-electron chi connectivity index (χ0n) is 18.6. The molecule has 1 fully saturated rings. The smallest absolute Gasteiger partial charge is 0.338 e. The Kier molecular flexibility index (Phi) is 5.96. The van der Waals surface area contributed by atoms with E-state index in [0.29, 0.717) is 29.4 Å². The summed E-state index contributed by atoms with van der Waals surface area (Å²) in [6.07, 6.45) is 1.43. The Morgan fingerprint density at radius 3 is 2.49 bits per heavy atom. The van der Waals surface area contributed by atoms with Crippen LogP contribution in [0.15, 0.2) is 87.3 Å². The number of rotatable bonds is 5. The average molecular weight is 531 g/mol. The number of hydrogen-bond donors (Lipinski definition) is 1. The molecule has 1 aliphatic heterocycles. The summed E-state index contributed by atoms with van der Waals surface area (Å²) in [5, 5.41) is 3.00. The minimum Gasteiger partial charge on any atom is -0.462 e. The number of ether oxygens (including phenoxy) is 1. The van der Waals surface area contributed by atoms with Gasteiger partial charge in [0, 0.05) is 15.4 Å². The van der Waals surface area contributed by atoms with E-state index < -0.39 is 17.8 Å². The third-order valence-corrected chi connectivity index (χ3v) is 6.27. The number of fused-ring (bicyclic) bond motifs is 1. The molecule has 1 saturated heterocycles. The summed E-state index contributed by atoms with van der Waals surface area (Å²) in [6.45, 7) is 2.05. The van der Waals surface area contributed by atoms with Crippen LogP contribution in [0.4, 0.5) is 5.69 Å². The Labute approximate surface area is 209 Å².